The normalized spacial score (nSPS) is 14.6. The molecule has 1 N–H and O–H groups in total. The Morgan fingerprint density at radius 2 is 1.48 bits per heavy atom. The minimum Gasteiger partial charge on any atom is -0.322 e. The summed E-state index contributed by atoms with van der Waals surface area (Å²) in [7, 11) is 0. The van der Waals surface area contributed by atoms with Crippen LogP contribution in [0, 0.1) is 11.7 Å². The second kappa shape index (κ2) is 6.47. The van der Waals surface area contributed by atoms with Crippen molar-refractivity contribution >= 4 is 23.4 Å². The number of nitrogens with one attached hydrogen (secondary N) is 1. The third-order valence-electron chi connectivity index (χ3n) is 4.14. The van der Waals surface area contributed by atoms with Gasteiger partial charge >= 0.3 is 0 Å². The Kier molecular flexibility index (Phi) is 4.35. The quantitative estimate of drug-likeness (QED) is 0.870. The van der Waals surface area contributed by atoms with E-state index in [0.29, 0.717) is 0 Å². The molecule has 0 fully saturated rings. The topological polar surface area (TPSA) is 66.5 Å². The highest BCUT2D eigenvalue weighted by Gasteiger charge is 2.43. The summed E-state index contributed by atoms with van der Waals surface area (Å²) in [4.78, 5) is 38.9. The van der Waals surface area contributed by atoms with Crippen molar-refractivity contribution in [2.75, 3.05) is 5.32 Å². The van der Waals surface area contributed by atoms with Gasteiger partial charge in [0.2, 0.25) is 5.91 Å². The molecule has 0 bridgehead atoms. The highest BCUT2D eigenvalue weighted by atomic mass is 19.1. The minimum atomic E-state index is -1.04. The number of imide groups is 1. The van der Waals surface area contributed by atoms with E-state index in [9.17, 15) is 18.8 Å². The molecule has 0 radical (unpaired) electrons. The first kappa shape index (κ1) is 16.8. The van der Waals surface area contributed by atoms with Crippen LogP contribution >= 0.6 is 0 Å². The molecule has 0 unspecified atom stereocenters. The number of anilines is 1. The van der Waals surface area contributed by atoms with Crippen molar-refractivity contribution in [1.29, 1.82) is 0 Å². The lowest BCUT2D eigenvalue weighted by atomic mass is 10.0. The number of rotatable bonds is 4. The molecule has 1 heterocycles. The van der Waals surface area contributed by atoms with Gasteiger partial charge in [0.05, 0.1) is 16.8 Å². The van der Waals surface area contributed by atoms with Crippen LogP contribution in [0.3, 0.4) is 0 Å². The molecule has 0 aromatic heterocycles. The summed E-state index contributed by atoms with van der Waals surface area (Å²) in [6.07, 6.45) is 0. The van der Waals surface area contributed by atoms with E-state index in [1.807, 2.05) is 0 Å². The van der Waals surface area contributed by atoms with Crippen LogP contribution in [-0.2, 0) is 4.79 Å². The van der Waals surface area contributed by atoms with Crippen molar-refractivity contribution in [3.8, 4) is 0 Å². The molecule has 3 rings (SSSR count). The van der Waals surface area contributed by atoms with Gasteiger partial charge in [0, 0.05) is 0 Å². The van der Waals surface area contributed by atoms with E-state index in [0.717, 1.165) is 4.90 Å². The van der Waals surface area contributed by atoms with E-state index in [1.165, 1.54) is 18.2 Å². The highest BCUT2D eigenvalue weighted by Crippen LogP contribution is 2.28. The molecule has 6 heteroatoms. The first-order valence-corrected chi connectivity index (χ1v) is 7.94. The summed E-state index contributed by atoms with van der Waals surface area (Å²) in [6.45, 7) is 3.46. The fourth-order valence-electron chi connectivity index (χ4n) is 2.95. The van der Waals surface area contributed by atoms with Crippen molar-refractivity contribution in [2.24, 2.45) is 5.92 Å². The Morgan fingerprint density at radius 3 is 2.00 bits per heavy atom. The summed E-state index contributed by atoms with van der Waals surface area (Å²) < 4.78 is 13.8. The van der Waals surface area contributed by atoms with E-state index < -0.39 is 29.6 Å². The SMILES string of the molecule is CC(C)[C@@H](C(=O)Nc1ccccc1F)N1C(=O)c2ccccc2C1=O. The third-order valence-corrected chi connectivity index (χ3v) is 4.14. The number of hydrogen-bond donors (Lipinski definition) is 1. The Bertz CT molecular complexity index is 828. The molecule has 2 aromatic carbocycles. The predicted octanol–water partition coefficient (Wildman–Crippen LogP) is 3.09. The molecule has 0 spiro atoms. The molecule has 1 atom stereocenters. The van der Waals surface area contributed by atoms with Crippen molar-refractivity contribution in [3.05, 3.63) is 65.5 Å². The van der Waals surface area contributed by atoms with Gasteiger partial charge in [0.15, 0.2) is 0 Å². The van der Waals surface area contributed by atoms with Crippen LogP contribution in [0.25, 0.3) is 0 Å². The van der Waals surface area contributed by atoms with Gasteiger partial charge in [-0.15, -0.1) is 0 Å². The largest absolute Gasteiger partial charge is 0.322 e. The Morgan fingerprint density at radius 1 is 0.960 bits per heavy atom. The lowest BCUT2D eigenvalue weighted by Gasteiger charge is -2.28. The summed E-state index contributed by atoms with van der Waals surface area (Å²) >= 11 is 0. The molecule has 3 amide bonds. The maximum absolute atomic E-state index is 13.8. The zero-order chi connectivity index (χ0) is 18.1. The van der Waals surface area contributed by atoms with Crippen LogP contribution in [0.5, 0.6) is 0 Å². The predicted molar refractivity (Wildman–Crippen MR) is 90.6 cm³/mol. The fraction of sp³-hybridized carbons (Fsp3) is 0.211. The zero-order valence-electron chi connectivity index (χ0n) is 13.8. The Balaban J connectivity index is 1.92. The Labute approximate surface area is 144 Å². The average molecular weight is 340 g/mol. The average Bonchev–Trinajstić information content (AvgIpc) is 2.83. The van der Waals surface area contributed by atoms with Gasteiger partial charge in [-0.05, 0) is 30.2 Å². The second-order valence-electron chi connectivity index (χ2n) is 6.18. The number of amides is 3. The monoisotopic (exact) mass is 340 g/mol. The van der Waals surface area contributed by atoms with E-state index >= 15 is 0 Å². The molecule has 5 nitrogen and oxygen atoms in total. The van der Waals surface area contributed by atoms with Crippen LogP contribution in [0.15, 0.2) is 48.5 Å². The number of para-hydroxylation sites is 1. The molecule has 128 valence electrons. The summed E-state index contributed by atoms with van der Waals surface area (Å²) in [5, 5.41) is 2.48. The van der Waals surface area contributed by atoms with Crippen LogP contribution in [0.2, 0.25) is 0 Å². The number of benzene rings is 2. The van der Waals surface area contributed by atoms with Gasteiger partial charge in [-0.25, -0.2) is 4.39 Å². The van der Waals surface area contributed by atoms with Gasteiger partial charge in [-0.2, -0.15) is 0 Å². The van der Waals surface area contributed by atoms with Gasteiger partial charge in [-0.1, -0.05) is 38.1 Å². The van der Waals surface area contributed by atoms with Gasteiger partial charge in [0.1, 0.15) is 11.9 Å². The number of fused-ring (bicyclic) bond motifs is 1. The van der Waals surface area contributed by atoms with Crippen LogP contribution in [0.1, 0.15) is 34.6 Å². The molecule has 2 aromatic rings. The molecule has 1 aliphatic rings. The number of halogens is 1. The molecule has 1 aliphatic heterocycles. The Hall–Kier alpha value is -3.02. The van der Waals surface area contributed by atoms with Crippen molar-refractivity contribution < 1.29 is 18.8 Å². The molecule has 0 aliphatic carbocycles. The zero-order valence-corrected chi connectivity index (χ0v) is 13.8. The van der Waals surface area contributed by atoms with Gasteiger partial charge in [0.25, 0.3) is 11.8 Å². The minimum absolute atomic E-state index is 0.00904. The molecule has 0 saturated carbocycles. The van der Waals surface area contributed by atoms with Crippen molar-refractivity contribution in [3.63, 3.8) is 0 Å². The maximum Gasteiger partial charge on any atom is 0.262 e. The number of hydrogen-bond acceptors (Lipinski definition) is 3. The summed E-state index contributed by atoms with van der Waals surface area (Å²) in [5.41, 5.74) is 0.559. The van der Waals surface area contributed by atoms with E-state index in [2.05, 4.69) is 5.32 Å². The lowest BCUT2D eigenvalue weighted by Crippen LogP contribution is -2.50. The summed E-state index contributed by atoms with van der Waals surface area (Å²) in [6, 6.07) is 11.2. The van der Waals surface area contributed by atoms with Gasteiger partial charge in [-0.3, -0.25) is 19.3 Å². The van der Waals surface area contributed by atoms with Gasteiger partial charge < -0.3 is 5.32 Å². The van der Waals surface area contributed by atoms with E-state index in [1.54, 1.807) is 44.2 Å². The summed E-state index contributed by atoms with van der Waals surface area (Å²) in [5.74, 6) is -2.55. The molecular formula is C19H17FN2O3. The standard InChI is InChI=1S/C19H17FN2O3/c1-11(2)16(17(23)21-15-10-6-5-9-14(15)20)22-18(24)12-7-3-4-8-13(12)19(22)25/h3-11,16H,1-2H3,(H,21,23)/t16-/m0/s1. The number of nitrogens with zero attached hydrogens (tertiary/aromatic N) is 1. The first-order chi connectivity index (χ1) is 11.9. The van der Waals surface area contributed by atoms with Crippen LogP contribution in [0.4, 0.5) is 10.1 Å². The smallest absolute Gasteiger partial charge is 0.262 e. The lowest BCUT2D eigenvalue weighted by molar-refractivity contribution is -0.121. The molecular weight excluding hydrogens is 323 g/mol. The number of carbonyl (C=O) groups is 3. The van der Waals surface area contributed by atoms with Crippen molar-refractivity contribution in [1.82, 2.24) is 4.90 Å². The molecule has 25 heavy (non-hydrogen) atoms. The van der Waals surface area contributed by atoms with E-state index in [4.69, 9.17) is 0 Å². The van der Waals surface area contributed by atoms with Crippen LogP contribution < -0.4 is 5.32 Å². The maximum atomic E-state index is 13.8. The number of carbonyl (C=O) groups excluding carboxylic acids is 3. The fourth-order valence-corrected chi connectivity index (χ4v) is 2.95. The van der Waals surface area contributed by atoms with Crippen LogP contribution in [-0.4, -0.2) is 28.7 Å². The highest BCUT2D eigenvalue weighted by molar-refractivity contribution is 6.23. The van der Waals surface area contributed by atoms with Crippen molar-refractivity contribution in [2.45, 2.75) is 19.9 Å². The second-order valence-corrected chi connectivity index (χ2v) is 6.18. The third kappa shape index (κ3) is 2.91. The van der Waals surface area contributed by atoms with E-state index in [-0.39, 0.29) is 22.7 Å². The molecule has 0 saturated heterocycles. The first-order valence-electron chi connectivity index (χ1n) is 7.94.